The van der Waals surface area contributed by atoms with Gasteiger partial charge in [0.25, 0.3) is 0 Å². The third-order valence-corrected chi connectivity index (χ3v) is 4.88. The fourth-order valence-corrected chi connectivity index (χ4v) is 3.39. The molecule has 17 heavy (non-hydrogen) atoms. The third kappa shape index (κ3) is 3.38. The van der Waals surface area contributed by atoms with Crippen LogP contribution in [0.1, 0.15) is 32.1 Å². The minimum atomic E-state index is 0.316. The lowest BCUT2D eigenvalue weighted by molar-refractivity contribution is -0.123. The van der Waals surface area contributed by atoms with Crippen molar-refractivity contribution in [2.45, 2.75) is 32.1 Å². The van der Waals surface area contributed by atoms with Crippen molar-refractivity contribution in [1.29, 1.82) is 0 Å². The SMILES string of the molecule is CSCCCCNC(=O)C1CC12CCNCC2. The number of nitrogens with one attached hydrogen (secondary N) is 2. The van der Waals surface area contributed by atoms with Gasteiger partial charge >= 0.3 is 0 Å². The van der Waals surface area contributed by atoms with Crippen LogP contribution in [-0.2, 0) is 4.79 Å². The first kappa shape index (κ1) is 13.2. The van der Waals surface area contributed by atoms with Gasteiger partial charge in [-0.25, -0.2) is 0 Å². The first-order valence-electron chi connectivity index (χ1n) is 6.76. The van der Waals surface area contributed by atoms with Crippen LogP contribution in [0.2, 0.25) is 0 Å². The van der Waals surface area contributed by atoms with Crippen LogP contribution in [0.4, 0.5) is 0 Å². The maximum atomic E-state index is 12.0. The van der Waals surface area contributed by atoms with E-state index in [4.69, 9.17) is 0 Å². The van der Waals surface area contributed by atoms with Crippen LogP contribution in [-0.4, -0.2) is 37.6 Å². The van der Waals surface area contributed by atoms with Crippen molar-refractivity contribution in [3.8, 4) is 0 Å². The van der Waals surface area contributed by atoms with Gasteiger partial charge in [0.05, 0.1) is 0 Å². The quantitative estimate of drug-likeness (QED) is 0.710. The smallest absolute Gasteiger partial charge is 0.223 e. The van der Waals surface area contributed by atoms with Gasteiger partial charge in [-0.05, 0) is 62.6 Å². The third-order valence-electron chi connectivity index (χ3n) is 4.18. The van der Waals surface area contributed by atoms with Gasteiger partial charge in [0.2, 0.25) is 5.91 Å². The van der Waals surface area contributed by atoms with Crippen molar-refractivity contribution >= 4 is 17.7 Å². The summed E-state index contributed by atoms with van der Waals surface area (Å²) in [4.78, 5) is 12.0. The van der Waals surface area contributed by atoms with E-state index >= 15 is 0 Å². The van der Waals surface area contributed by atoms with Gasteiger partial charge in [0, 0.05) is 12.5 Å². The van der Waals surface area contributed by atoms with Crippen molar-refractivity contribution < 1.29 is 4.79 Å². The van der Waals surface area contributed by atoms with E-state index in [0.29, 0.717) is 17.2 Å². The second kappa shape index (κ2) is 6.10. The Hall–Kier alpha value is -0.220. The molecule has 1 aliphatic heterocycles. The highest BCUT2D eigenvalue weighted by Gasteiger charge is 2.57. The Balaban J connectivity index is 1.61. The summed E-state index contributed by atoms with van der Waals surface area (Å²) < 4.78 is 0. The lowest BCUT2D eigenvalue weighted by atomic mass is 9.92. The largest absolute Gasteiger partial charge is 0.356 e. The maximum Gasteiger partial charge on any atom is 0.223 e. The fourth-order valence-electron chi connectivity index (χ4n) is 2.90. The Bertz CT molecular complexity index is 264. The second-order valence-electron chi connectivity index (χ2n) is 5.36. The molecular formula is C13H24N2OS. The van der Waals surface area contributed by atoms with Gasteiger partial charge in [-0.2, -0.15) is 11.8 Å². The molecule has 1 amide bonds. The van der Waals surface area contributed by atoms with Gasteiger partial charge in [-0.15, -0.1) is 0 Å². The number of carbonyl (C=O) groups excluding carboxylic acids is 1. The van der Waals surface area contributed by atoms with E-state index in [1.807, 2.05) is 11.8 Å². The zero-order valence-corrected chi connectivity index (χ0v) is 11.6. The Labute approximate surface area is 108 Å². The Kier molecular flexibility index (Phi) is 4.74. The molecule has 1 spiro atoms. The molecular weight excluding hydrogens is 232 g/mol. The molecule has 0 radical (unpaired) electrons. The maximum absolute atomic E-state index is 12.0. The number of unbranched alkanes of at least 4 members (excludes halogenated alkanes) is 1. The normalized spacial score (nSPS) is 25.8. The first-order valence-corrected chi connectivity index (χ1v) is 8.15. The number of piperidine rings is 1. The van der Waals surface area contributed by atoms with Gasteiger partial charge in [0.15, 0.2) is 0 Å². The van der Waals surface area contributed by atoms with Crippen LogP contribution in [0.15, 0.2) is 0 Å². The Morgan fingerprint density at radius 3 is 2.88 bits per heavy atom. The molecule has 0 bridgehead atoms. The average molecular weight is 256 g/mol. The molecule has 1 heterocycles. The number of amides is 1. The Morgan fingerprint density at radius 2 is 2.18 bits per heavy atom. The van der Waals surface area contributed by atoms with Gasteiger partial charge < -0.3 is 10.6 Å². The number of hydrogen-bond acceptors (Lipinski definition) is 3. The van der Waals surface area contributed by atoms with Crippen LogP contribution in [0, 0.1) is 11.3 Å². The summed E-state index contributed by atoms with van der Waals surface area (Å²) in [6.45, 7) is 3.05. The molecule has 1 unspecified atom stereocenters. The minimum Gasteiger partial charge on any atom is -0.356 e. The number of thioether (sulfide) groups is 1. The molecule has 0 aromatic rings. The van der Waals surface area contributed by atoms with E-state index in [1.165, 1.54) is 25.0 Å². The van der Waals surface area contributed by atoms with Gasteiger partial charge in [-0.3, -0.25) is 4.79 Å². The number of rotatable bonds is 6. The highest BCUT2D eigenvalue weighted by atomic mass is 32.2. The zero-order valence-electron chi connectivity index (χ0n) is 10.8. The van der Waals surface area contributed by atoms with E-state index < -0.39 is 0 Å². The summed E-state index contributed by atoms with van der Waals surface area (Å²) in [6, 6.07) is 0. The predicted octanol–water partition coefficient (Wildman–Crippen LogP) is 1.64. The predicted molar refractivity (Wildman–Crippen MR) is 73.3 cm³/mol. The first-order chi connectivity index (χ1) is 8.28. The molecule has 2 fully saturated rings. The van der Waals surface area contributed by atoms with E-state index in [9.17, 15) is 4.79 Å². The molecule has 2 N–H and O–H groups in total. The molecule has 2 rings (SSSR count). The number of hydrogen-bond donors (Lipinski definition) is 2. The fraction of sp³-hybridized carbons (Fsp3) is 0.923. The minimum absolute atomic E-state index is 0.316. The molecule has 98 valence electrons. The molecule has 0 aromatic heterocycles. The standard InChI is InChI=1S/C13H24N2OS/c1-17-9-3-2-6-15-12(16)11-10-13(11)4-7-14-8-5-13/h11,14H,2-10H2,1H3,(H,15,16). The van der Waals surface area contributed by atoms with Crippen LogP contribution in [0.5, 0.6) is 0 Å². The van der Waals surface area contributed by atoms with E-state index in [0.717, 1.165) is 32.5 Å². The number of carbonyl (C=O) groups is 1. The van der Waals surface area contributed by atoms with E-state index in [-0.39, 0.29) is 0 Å². The molecule has 2 aliphatic rings. The van der Waals surface area contributed by atoms with Crippen molar-refractivity contribution in [3.63, 3.8) is 0 Å². The van der Waals surface area contributed by atoms with Crippen LogP contribution >= 0.6 is 11.8 Å². The van der Waals surface area contributed by atoms with Gasteiger partial charge in [0.1, 0.15) is 0 Å². The topological polar surface area (TPSA) is 41.1 Å². The van der Waals surface area contributed by atoms with Crippen LogP contribution in [0.25, 0.3) is 0 Å². The van der Waals surface area contributed by atoms with E-state index in [1.54, 1.807) is 0 Å². The summed E-state index contributed by atoms with van der Waals surface area (Å²) in [5, 5.41) is 6.48. The van der Waals surface area contributed by atoms with Crippen LogP contribution in [0.3, 0.4) is 0 Å². The highest BCUT2D eigenvalue weighted by Crippen LogP contribution is 2.58. The zero-order chi connectivity index (χ0) is 12.1. The molecule has 3 nitrogen and oxygen atoms in total. The van der Waals surface area contributed by atoms with Crippen molar-refractivity contribution in [2.75, 3.05) is 31.6 Å². The molecule has 0 aromatic carbocycles. The lowest BCUT2D eigenvalue weighted by Crippen LogP contribution is -2.34. The molecule has 1 saturated heterocycles. The molecule has 1 aliphatic carbocycles. The Morgan fingerprint density at radius 1 is 1.41 bits per heavy atom. The summed E-state index contributed by atoms with van der Waals surface area (Å²) >= 11 is 1.88. The summed E-state index contributed by atoms with van der Waals surface area (Å²) in [6.07, 6.45) is 7.97. The summed E-state index contributed by atoms with van der Waals surface area (Å²) in [7, 11) is 0. The lowest BCUT2D eigenvalue weighted by Gasteiger charge is -2.23. The monoisotopic (exact) mass is 256 g/mol. The molecule has 1 atom stereocenters. The van der Waals surface area contributed by atoms with Crippen LogP contribution < -0.4 is 10.6 Å². The summed E-state index contributed by atoms with van der Waals surface area (Å²) in [5.41, 5.74) is 0.384. The van der Waals surface area contributed by atoms with Crippen molar-refractivity contribution in [3.05, 3.63) is 0 Å². The van der Waals surface area contributed by atoms with Crippen molar-refractivity contribution in [2.24, 2.45) is 11.3 Å². The summed E-state index contributed by atoms with van der Waals surface area (Å²) in [5.74, 6) is 1.84. The molecule has 1 saturated carbocycles. The molecule has 4 heteroatoms. The van der Waals surface area contributed by atoms with Gasteiger partial charge in [-0.1, -0.05) is 0 Å². The second-order valence-corrected chi connectivity index (χ2v) is 6.35. The average Bonchev–Trinajstić information content (AvgIpc) is 3.03. The highest BCUT2D eigenvalue weighted by molar-refractivity contribution is 7.98. The van der Waals surface area contributed by atoms with Crippen molar-refractivity contribution in [1.82, 2.24) is 10.6 Å². The van der Waals surface area contributed by atoms with E-state index in [2.05, 4.69) is 16.9 Å².